The Morgan fingerprint density at radius 3 is 2.82 bits per heavy atom. The molecule has 5 nitrogen and oxygen atoms in total. The number of ether oxygens (including phenoxy) is 1. The van der Waals surface area contributed by atoms with Gasteiger partial charge in [0, 0.05) is 25.8 Å². The Kier molecular flexibility index (Phi) is 5.91. The van der Waals surface area contributed by atoms with Gasteiger partial charge in [-0.2, -0.15) is 0 Å². The molecule has 116 valence electrons. The van der Waals surface area contributed by atoms with E-state index in [1.165, 1.54) is 0 Å². The van der Waals surface area contributed by atoms with Crippen molar-refractivity contribution in [1.82, 2.24) is 4.98 Å². The number of methoxy groups -OCH3 is 1. The number of aromatic nitrogens is 1. The summed E-state index contributed by atoms with van der Waals surface area (Å²) in [6.45, 7) is 3.48. The second kappa shape index (κ2) is 8.14. The summed E-state index contributed by atoms with van der Waals surface area (Å²) >= 11 is 0. The van der Waals surface area contributed by atoms with Crippen LogP contribution in [0.2, 0.25) is 0 Å². The van der Waals surface area contributed by atoms with E-state index in [0.717, 1.165) is 31.0 Å². The Balaban J connectivity index is 1.89. The van der Waals surface area contributed by atoms with Crippen molar-refractivity contribution >= 4 is 17.4 Å². The number of hydrogen-bond acceptors (Lipinski definition) is 4. The number of hydrogen-bond donors (Lipinski definition) is 2. The number of benzene rings is 1. The van der Waals surface area contributed by atoms with E-state index >= 15 is 0 Å². The lowest BCUT2D eigenvalue weighted by atomic mass is 10.1. The Labute approximate surface area is 130 Å². The zero-order valence-corrected chi connectivity index (χ0v) is 12.9. The zero-order chi connectivity index (χ0) is 15.8. The highest BCUT2D eigenvalue weighted by atomic mass is 16.5. The molecule has 0 saturated carbocycles. The van der Waals surface area contributed by atoms with E-state index in [2.05, 4.69) is 15.6 Å². The van der Waals surface area contributed by atoms with E-state index in [0.29, 0.717) is 11.3 Å². The fourth-order valence-corrected chi connectivity index (χ4v) is 1.99. The van der Waals surface area contributed by atoms with Gasteiger partial charge in [-0.1, -0.05) is 17.7 Å². The number of aryl methyl sites for hydroxylation is 1. The lowest BCUT2D eigenvalue weighted by Crippen LogP contribution is -2.12. The standard InChI is InChI=1S/C17H21N3O2/c1-13-5-3-6-14(11-13)17(21)20-15-7-8-16(19-12-15)18-9-4-10-22-2/h3,5-8,11-12H,4,9-10H2,1-2H3,(H,18,19)(H,20,21). The van der Waals surface area contributed by atoms with Crippen LogP contribution in [0.1, 0.15) is 22.3 Å². The predicted molar refractivity (Wildman–Crippen MR) is 88.4 cm³/mol. The molecule has 0 atom stereocenters. The maximum atomic E-state index is 12.1. The molecule has 0 unspecified atom stereocenters. The van der Waals surface area contributed by atoms with Crippen LogP contribution in [-0.4, -0.2) is 31.2 Å². The maximum Gasteiger partial charge on any atom is 0.255 e. The number of carbonyl (C=O) groups is 1. The highest BCUT2D eigenvalue weighted by molar-refractivity contribution is 6.04. The quantitative estimate of drug-likeness (QED) is 0.771. The van der Waals surface area contributed by atoms with Crippen LogP contribution < -0.4 is 10.6 Å². The van der Waals surface area contributed by atoms with Crippen molar-refractivity contribution in [3.63, 3.8) is 0 Å². The summed E-state index contributed by atoms with van der Waals surface area (Å²) in [4.78, 5) is 16.4. The Hall–Kier alpha value is -2.40. The number of nitrogens with one attached hydrogen (secondary N) is 2. The summed E-state index contributed by atoms with van der Waals surface area (Å²) in [5.74, 6) is 0.649. The number of nitrogens with zero attached hydrogens (tertiary/aromatic N) is 1. The monoisotopic (exact) mass is 299 g/mol. The van der Waals surface area contributed by atoms with E-state index in [4.69, 9.17) is 4.74 Å². The van der Waals surface area contributed by atoms with E-state index in [-0.39, 0.29) is 5.91 Å². The predicted octanol–water partition coefficient (Wildman–Crippen LogP) is 3.09. The molecule has 2 N–H and O–H groups in total. The summed E-state index contributed by atoms with van der Waals surface area (Å²) in [5, 5.41) is 6.04. The minimum absolute atomic E-state index is 0.133. The largest absolute Gasteiger partial charge is 0.385 e. The summed E-state index contributed by atoms with van der Waals surface area (Å²) < 4.78 is 4.99. The molecule has 0 bridgehead atoms. The topological polar surface area (TPSA) is 63.2 Å². The highest BCUT2D eigenvalue weighted by Gasteiger charge is 2.06. The smallest absolute Gasteiger partial charge is 0.255 e. The van der Waals surface area contributed by atoms with Crippen LogP contribution in [0.4, 0.5) is 11.5 Å². The Morgan fingerprint density at radius 1 is 1.27 bits per heavy atom. The molecule has 0 aliphatic heterocycles. The lowest BCUT2D eigenvalue weighted by Gasteiger charge is -2.08. The van der Waals surface area contributed by atoms with Crippen molar-refractivity contribution < 1.29 is 9.53 Å². The van der Waals surface area contributed by atoms with Gasteiger partial charge in [-0.05, 0) is 37.6 Å². The van der Waals surface area contributed by atoms with Gasteiger partial charge in [0.2, 0.25) is 0 Å². The Bertz CT molecular complexity index is 612. The molecule has 0 saturated heterocycles. The molecular formula is C17H21N3O2. The van der Waals surface area contributed by atoms with Gasteiger partial charge in [0.1, 0.15) is 5.82 Å². The molecule has 1 heterocycles. The number of anilines is 2. The lowest BCUT2D eigenvalue weighted by molar-refractivity contribution is 0.102. The van der Waals surface area contributed by atoms with Gasteiger partial charge in [-0.3, -0.25) is 4.79 Å². The van der Waals surface area contributed by atoms with E-state index < -0.39 is 0 Å². The van der Waals surface area contributed by atoms with Gasteiger partial charge >= 0.3 is 0 Å². The first-order chi connectivity index (χ1) is 10.7. The summed E-state index contributed by atoms with van der Waals surface area (Å²) in [7, 11) is 1.68. The van der Waals surface area contributed by atoms with Gasteiger partial charge in [-0.15, -0.1) is 0 Å². The first-order valence-corrected chi connectivity index (χ1v) is 7.26. The fourth-order valence-electron chi connectivity index (χ4n) is 1.99. The Morgan fingerprint density at radius 2 is 2.14 bits per heavy atom. The molecule has 1 amide bonds. The molecule has 22 heavy (non-hydrogen) atoms. The maximum absolute atomic E-state index is 12.1. The van der Waals surface area contributed by atoms with Crippen LogP contribution in [0.15, 0.2) is 42.6 Å². The second-order valence-electron chi connectivity index (χ2n) is 5.03. The molecule has 0 aliphatic rings. The third kappa shape index (κ3) is 4.86. The summed E-state index contributed by atoms with van der Waals surface area (Å²) in [5.41, 5.74) is 2.37. The summed E-state index contributed by atoms with van der Waals surface area (Å²) in [6.07, 6.45) is 2.57. The molecule has 0 spiro atoms. The van der Waals surface area contributed by atoms with Crippen molar-refractivity contribution in [2.24, 2.45) is 0 Å². The third-order valence-corrected chi connectivity index (χ3v) is 3.13. The first kappa shape index (κ1) is 16.0. The first-order valence-electron chi connectivity index (χ1n) is 7.26. The molecule has 2 aromatic rings. The van der Waals surface area contributed by atoms with Crippen molar-refractivity contribution in [2.75, 3.05) is 30.9 Å². The van der Waals surface area contributed by atoms with E-state index in [9.17, 15) is 4.79 Å². The minimum atomic E-state index is -0.133. The third-order valence-electron chi connectivity index (χ3n) is 3.13. The molecule has 5 heteroatoms. The van der Waals surface area contributed by atoms with Gasteiger partial charge in [0.15, 0.2) is 0 Å². The van der Waals surface area contributed by atoms with Crippen molar-refractivity contribution in [1.29, 1.82) is 0 Å². The number of rotatable bonds is 7. The normalized spacial score (nSPS) is 10.3. The highest BCUT2D eigenvalue weighted by Crippen LogP contribution is 2.12. The average molecular weight is 299 g/mol. The molecule has 0 fully saturated rings. The van der Waals surface area contributed by atoms with Crippen LogP contribution in [0.3, 0.4) is 0 Å². The second-order valence-corrected chi connectivity index (χ2v) is 5.03. The van der Waals surface area contributed by atoms with Crippen LogP contribution in [0.25, 0.3) is 0 Å². The molecule has 0 aliphatic carbocycles. The van der Waals surface area contributed by atoms with Crippen LogP contribution in [0.5, 0.6) is 0 Å². The average Bonchev–Trinajstić information content (AvgIpc) is 2.53. The molecule has 0 radical (unpaired) electrons. The fraction of sp³-hybridized carbons (Fsp3) is 0.294. The van der Waals surface area contributed by atoms with Crippen LogP contribution in [-0.2, 0) is 4.74 Å². The van der Waals surface area contributed by atoms with Gasteiger partial charge in [0.05, 0.1) is 11.9 Å². The van der Waals surface area contributed by atoms with Gasteiger partial charge in [-0.25, -0.2) is 4.98 Å². The van der Waals surface area contributed by atoms with Crippen molar-refractivity contribution in [3.8, 4) is 0 Å². The van der Waals surface area contributed by atoms with Crippen molar-refractivity contribution in [2.45, 2.75) is 13.3 Å². The van der Waals surface area contributed by atoms with Gasteiger partial charge < -0.3 is 15.4 Å². The molecule has 1 aromatic heterocycles. The number of pyridine rings is 1. The van der Waals surface area contributed by atoms with Crippen LogP contribution in [0, 0.1) is 6.92 Å². The molecule has 1 aromatic carbocycles. The van der Waals surface area contributed by atoms with E-state index in [1.54, 1.807) is 19.4 Å². The minimum Gasteiger partial charge on any atom is -0.385 e. The SMILES string of the molecule is COCCCNc1ccc(NC(=O)c2cccc(C)c2)cn1. The number of carbonyl (C=O) groups excluding carboxylic acids is 1. The van der Waals surface area contributed by atoms with E-state index in [1.807, 2.05) is 37.3 Å². The number of amides is 1. The molecule has 2 rings (SSSR count). The zero-order valence-electron chi connectivity index (χ0n) is 12.9. The van der Waals surface area contributed by atoms with Gasteiger partial charge in [0.25, 0.3) is 5.91 Å². The summed E-state index contributed by atoms with van der Waals surface area (Å²) in [6, 6.07) is 11.2. The van der Waals surface area contributed by atoms with Crippen molar-refractivity contribution in [3.05, 3.63) is 53.7 Å². The molecular weight excluding hydrogens is 278 g/mol. The van der Waals surface area contributed by atoms with Crippen LogP contribution >= 0.6 is 0 Å².